The van der Waals surface area contributed by atoms with Gasteiger partial charge in [0.25, 0.3) is 0 Å². The van der Waals surface area contributed by atoms with Crippen molar-refractivity contribution in [3.63, 3.8) is 0 Å². The lowest BCUT2D eigenvalue weighted by Gasteiger charge is -2.13. The lowest BCUT2D eigenvalue weighted by atomic mass is 10.1. The Morgan fingerprint density at radius 1 is 1.37 bits per heavy atom. The van der Waals surface area contributed by atoms with Crippen molar-refractivity contribution in [1.82, 2.24) is 14.8 Å². The van der Waals surface area contributed by atoms with Gasteiger partial charge in [-0.2, -0.15) is 5.10 Å². The summed E-state index contributed by atoms with van der Waals surface area (Å²) in [6.07, 6.45) is 1.63. The van der Waals surface area contributed by atoms with Crippen LogP contribution in [-0.4, -0.2) is 28.5 Å². The maximum atomic E-state index is 6.14. The van der Waals surface area contributed by atoms with Gasteiger partial charge in [-0.05, 0) is 24.6 Å². The first-order chi connectivity index (χ1) is 9.15. The van der Waals surface area contributed by atoms with Gasteiger partial charge in [-0.15, -0.1) is 0 Å². The second-order valence-electron chi connectivity index (χ2n) is 4.10. The van der Waals surface area contributed by atoms with Crippen LogP contribution in [0.2, 0.25) is 0 Å². The Balaban J connectivity index is 2.30. The zero-order chi connectivity index (χ0) is 13.8. The minimum absolute atomic E-state index is 0.384. The summed E-state index contributed by atoms with van der Waals surface area (Å²) in [6.45, 7) is 2.51. The molecule has 0 radical (unpaired) electrons. The molecule has 0 fully saturated rings. The first-order valence-corrected chi connectivity index (χ1v) is 6.07. The van der Waals surface area contributed by atoms with Crippen LogP contribution in [0.3, 0.4) is 0 Å². The molecule has 1 heterocycles. The summed E-state index contributed by atoms with van der Waals surface area (Å²) in [5, 5.41) is 4.21. The SMILES string of the molecule is CCOc1ccc([C@@H](N)c2ncn(C)n2)cc1OC. The van der Waals surface area contributed by atoms with E-state index < -0.39 is 0 Å². The molecule has 0 aliphatic carbocycles. The summed E-state index contributed by atoms with van der Waals surface area (Å²) in [7, 11) is 3.41. The molecule has 2 N–H and O–H groups in total. The van der Waals surface area contributed by atoms with Crippen molar-refractivity contribution in [3.8, 4) is 11.5 Å². The molecule has 6 heteroatoms. The molecule has 0 saturated carbocycles. The Morgan fingerprint density at radius 2 is 2.16 bits per heavy atom. The summed E-state index contributed by atoms with van der Waals surface area (Å²) < 4.78 is 12.4. The topological polar surface area (TPSA) is 75.2 Å². The van der Waals surface area contributed by atoms with Crippen molar-refractivity contribution in [2.75, 3.05) is 13.7 Å². The van der Waals surface area contributed by atoms with Gasteiger partial charge in [0, 0.05) is 7.05 Å². The third-order valence-corrected chi connectivity index (χ3v) is 2.74. The molecule has 6 nitrogen and oxygen atoms in total. The van der Waals surface area contributed by atoms with Crippen LogP contribution in [0.5, 0.6) is 11.5 Å². The van der Waals surface area contributed by atoms with Crippen LogP contribution >= 0.6 is 0 Å². The highest BCUT2D eigenvalue weighted by Gasteiger charge is 2.15. The van der Waals surface area contributed by atoms with E-state index in [1.165, 1.54) is 0 Å². The van der Waals surface area contributed by atoms with Crippen molar-refractivity contribution >= 4 is 0 Å². The monoisotopic (exact) mass is 262 g/mol. The Labute approximate surface area is 112 Å². The number of nitrogens with two attached hydrogens (primary N) is 1. The molecule has 2 rings (SSSR count). The van der Waals surface area contributed by atoms with Gasteiger partial charge in [0.05, 0.1) is 19.8 Å². The number of aryl methyl sites for hydroxylation is 1. The molecular formula is C13H18N4O2. The Morgan fingerprint density at radius 3 is 2.74 bits per heavy atom. The number of hydrogen-bond donors (Lipinski definition) is 1. The minimum atomic E-state index is -0.384. The zero-order valence-electron chi connectivity index (χ0n) is 11.3. The van der Waals surface area contributed by atoms with Crippen molar-refractivity contribution in [1.29, 1.82) is 0 Å². The predicted molar refractivity (Wildman–Crippen MR) is 71.2 cm³/mol. The second kappa shape index (κ2) is 5.71. The molecule has 0 aliphatic heterocycles. The molecule has 0 saturated heterocycles. The van der Waals surface area contributed by atoms with E-state index in [1.54, 1.807) is 18.1 Å². The van der Waals surface area contributed by atoms with Crippen LogP contribution in [0.15, 0.2) is 24.5 Å². The van der Waals surface area contributed by atoms with Gasteiger partial charge in [0.15, 0.2) is 17.3 Å². The standard InChI is InChI=1S/C13H18N4O2/c1-4-19-10-6-5-9(7-11(10)18-3)12(14)13-15-8-17(2)16-13/h5-8,12H,4,14H2,1-3H3/t12-/m1/s1. The maximum Gasteiger partial charge on any atom is 0.171 e. The average Bonchev–Trinajstić information content (AvgIpc) is 2.85. The largest absolute Gasteiger partial charge is 0.493 e. The molecule has 19 heavy (non-hydrogen) atoms. The number of methoxy groups -OCH3 is 1. The van der Waals surface area contributed by atoms with Gasteiger partial charge in [-0.3, -0.25) is 4.68 Å². The van der Waals surface area contributed by atoms with E-state index >= 15 is 0 Å². The van der Waals surface area contributed by atoms with Crippen LogP contribution in [0, 0.1) is 0 Å². The highest BCUT2D eigenvalue weighted by atomic mass is 16.5. The smallest absolute Gasteiger partial charge is 0.171 e. The molecule has 0 bridgehead atoms. The van der Waals surface area contributed by atoms with Gasteiger partial charge in [0.2, 0.25) is 0 Å². The highest BCUT2D eigenvalue weighted by molar-refractivity contribution is 5.44. The Hall–Kier alpha value is -2.08. The third-order valence-electron chi connectivity index (χ3n) is 2.74. The molecular weight excluding hydrogens is 244 g/mol. The molecule has 102 valence electrons. The number of benzene rings is 1. The van der Waals surface area contributed by atoms with Gasteiger partial charge >= 0.3 is 0 Å². The van der Waals surface area contributed by atoms with Crippen molar-refractivity contribution in [3.05, 3.63) is 35.9 Å². The van der Waals surface area contributed by atoms with Gasteiger partial charge in [-0.1, -0.05) is 6.07 Å². The second-order valence-corrected chi connectivity index (χ2v) is 4.10. The summed E-state index contributed by atoms with van der Waals surface area (Å²) in [5.74, 6) is 1.94. The number of aromatic nitrogens is 3. The molecule has 1 aromatic carbocycles. The molecule has 0 amide bonds. The fourth-order valence-electron chi connectivity index (χ4n) is 1.80. The first kappa shape index (κ1) is 13.4. The third kappa shape index (κ3) is 2.85. The molecule has 0 aliphatic rings. The maximum absolute atomic E-state index is 6.14. The van der Waals surface area contributed by atoms with Crippen molar-refractivity contribution in [2.45, 2.75) is 13.0 Å². The molecule has 0 spiro atoms. The molecule has 0 unspecified atom stereocenters. The fourth-order valence-corrected chi connectivity index (χ4v) is 1.80. The van der Waals surface area contributed by atoms with E-state index in [4.69, 9.17) is 15.2 Å². The van der Waals surface area contributed by atoms with E-state index in [-0.39, 0.29) is 6.04 Å². The lowest BCUT2D eigenvalue weighted by molar-refractivity contribution is 0.310. The zero-order valence-corrected chi connectivity index (χ0v) is 11.3. The van der Waals surface area contributed by atoms with Crippen molar-refractivity contribution in [2.24, 2.45) is 12.8 Å². The normalized spacial score (nSPS) is 12.2. The summed E-state index contributed by atoms with van der Waals surface area (Å²) >= 11 is 0. The molecule has 1 aromatic heterocycles. The number of rotatable bonds is 5. The Bertz CT molecular complexity index is 553. The Kier molecular flexibility index (Phi) is 4.01. The van der Waals surface area contributed by atoms with Crippen LogP contribution in [-0.2, 0) is 7.05 Å². The van der Waals surface area contributed by atoms with E-state index in [0.29, 0.717) is 23.9 Å². The summed E-state index contributed by atoms with van der Waals surface area (Å²) in [6, 6.07) is 5.21. The number of hydrogen-bond acceptors (Lipinski definition) is 5. The molecule has 1 atom stereocenters. The van der Waals surface area contributed by atoms with Crippen LogP contribution in [0.1, 0.15) is 24.4 Å². The van der Waals surface area contributed by atoms with E-state index in [2.05, 4.69) is 10.1 Å². The number of nitrogens with zero attached hydrogens (tertiary/aromatic N) is 3. The quantitative estimate of drug-likeness (QED) is 0.878. The first-order valence-electron chi connectivity index (χ1n) is 6.07. The highest BCUT2D eigenvalue weighted by Crippen LogP contribution is 2.30. The van der Waals surface area contributed by atoms with Crippen LogP contribution in [0.25, 0.3) is 0 Å². The van der Waals surface area contributed by atoms with E-state index in [1.807, 2.05) is 32.2 Å². The molecule has 2 aromatic rings. The van der Waals surface area contributed by atoms with E-state index in [0.717, 1.165) is 5.56 Å². The fraction of sp³-hybridized carbons (Fsp3) is 0.385. The predicted octanol–water partition coefficient (Wildman–Crippen LogP) is 1.27. The van der Waals surface area contributed by atoms with Gasteiger partial charge < -0.3 is 15.2 Å². The van der Waals surface area contributed by atoms with Crippen LogP contribution in [0.4, 0.5) is 0 Å². The summed E-state index contributed by atoms with van der Waals surface area (Å²) in [5.41, 5.74) is 7.02. The summed E-state index contributed by atoms with van der Waals surface area (Å²) in [4.78, 5) is 4.16. The van der Waals surface area contributed by atoms with Crippen molar-refractivity contribution < 1.29 is 9.47 Å². The lowest BCUT2D eigenvalue weighted by Crippen LogP contribution is -2.14. The number of ether oxygens (including phenoxy) is 2. The van der Waals surface area contributed by atoms with Gasteiger partial charge in [0.1, 0.15) is 6.33 Å². The minimum Gasteiger partial charge on any atom is -0.493 e. The van der Waals surface area contributed by atoms with E-state index in [9.17, 15) is 0 Å². The van der Waals surface area contributed by atoms with Gasteiger partial charge in [-0.25, -0.2) is 4.98 Å². The average molecular weight is 262 g/mol. The van der Waals surface area contributed by atoms with Crippen LogP contribution < -0.4 is 15.2 Å².